The van der Waals surface area contributed by atoms with Crippen molar-refractivity contribution >= 4 is 28.6 Å². The van der Waals surface area contributed by atoms with Crippen LogP contribution >= 0.6 is 11.8 Å². The van der Waals surface area contributed by atoms with Crippen LogP contribution in [0.2, 0.25) is 0 Å². The molecule has 1 saturated heterocycles. The van der Waals surface area contributed by atoms with Gasteiger partial charge in [-0.2, -0.15) is 11.8 Å². The summed E-state index contributed by atoms with van der Waals surface area (Å²) in [6.07, 6.45) is 7.23. The van der Waals surface area contributed by atoms with Gasteiger partial charge in [-0.25, -0.2) is 0 Å². The lowest BCUT2D eigenvalue weighted by molar-refractivity contribution is -0.146. The van der Waals surface area contributed by atoms with E-state index in [1.807, 2.05) is 36.0 Å². The van der Waals surface area contributed by atoms with E-state index in [0.717, 1.165) is 52.7 Å². The summed E-state index contributed by atoms with van der Waals surface area (Å²) in [5.41, 5.74) is 1.64. The molecule has 0 bridgehead atoms. The molecule has 1 aromatic carbocycles. The molecule has 1 aromatic heterocycles. The van der Waals surface area contributed by atoms with Crippen LogP contribution in [0, 0.1) is 11.8 Å². The average Bonchev–Trinajstić information content (AvgIpc) is 2.78. The van der Waals surface area contributed by atoms with Crippen molar-refractivity contribution in [3.8, 4) is 5.75 Å². The number of ether oxygens (including phenoxy) is 1. The highest BCUT2D eigenvalue weighted by molar-refractivity contribution is 7.99. The summed E-state index contributed by atoms with van der Waals surface area (Å²) in [5.74, 6) is 0.853. The standard InChI is InChI=1S/C25H34N2O4S/c1-31-18-6-7-23-21(15-18)20(9-11-26-23)24(28)8-5-17-10-12-27(16-22(17)25(29)30)13-14-32-19-3-2-4-19/h6-7,9,11,15,17,19,22,24,28H,2-5,8,10,12-14,16H2,1H3,(H,29,30)/t17-,22+,24+/m1/s1. The molecule has 3 atom stereocenters. The van der Waals surface area contributed by atoms with Gasteiger partial charge in [-0.3, -0.25) is 9.78 Å². The SMILES string of the molecule is COc1ccc2nccc([C@@H](O)CC[C@@H]3CCN(CCSC4CCC4)C[C@@H]3C(=O)O)c2c1. The number of methoxy groups -OCH3 is 1. The highest BCUT2D eigenvalue weighted by Crippen LogP contribution is 2.34. The van der Waals surface area contributed by atoms with Gasteiger partial charge in [0.2, 0.25) is 0 Å². The van der Waals surface area contributed by atoms with E-state index >= 15 is 0 Å². The molecule has 4 rings (SSSR count). The Morgan fingerprint density at radius 3 is 2.88 bits per heavy atom. The number of likely N-dealkylation sites (tertiary alicyclic amines) is 1. The van der Waals surface area contributed by atoms with Crippen LogP contribution in [0.1, 0.15) is 50.2 Å². The van der Waals surface area contributed by atoms with Crippen molar-refractivity contribution < 1.29 is 19.7 Å². The zero-order valence-corrected chi connectivity index (χ0v) is 19.6. The lowest BCUT2D eigenvalue weighted by Crippen LogP contribution is -2.44. The van der Waals surface area contributed by atoms with Gasteiger partial charge in [-0.05, 0) is 74.4 Å². The largest absolute Gasteiger partial charge is 0.497 e. The molecule has 2 aliphatic rings. The smallest absolute Gasteiger partial charge is 0.308 e. The maximum Gasteiger partial charge on any atom is 0.308 e. The summed E-state index contributed by atoms with van der Waals surface area (Å²) in [7, 11) is 1.62. The average molecular weight is 459 g/mol. The van der Waals surface area contributed by atoms with E-state index in [4.69, 9.17) is 4.74 Å². The van der Waals surface area contributed by atoms with Crippen LogP contribution in [0.5, 0.6) is 5.75 Å². The summed E-state index contributed by atoms with van der Waals surface area (Å²) in [5, 5.41) is 22.5. The normalized spacial score (nSPS) is 23.1. The maximum absolute atomic E-state index is 12.0. The second kappa shape index (κ2) is 10.9. The zero-order chi connectivity index (χ0) is 22.5. The molecule has 0 amide bonds. The molecule has 1 aliphatic carbocycles. The fourth-order valence-corrected chi connectivity index (χ4v) is 6.24. The van der Waals surface area contributed by atoms with Crippen molar-refractivity contribution in [2.45, 2.75) is 49.9 Å². The molecule has 7 heteroatoms. The van der Waals surface area contributed by atoms with Crippen LogP contribution in [0.15, 0.2) is 30.5 Å². The van der Waals surface area contributed by atoms with Gasteiger partial charge >= 0.3 is 5.97 Å². The molecular formula is C25H34N2O4S. The molecule has 2 heterocycles. The quantitative estimate of drug-likeness (QED) is 0.547. The zero-order valence-electron chi connectivity index (χ0n) is 18.8. The van der Waals surface area contributed by atoms with Crippen LogP contribution in [0.25, 0.3) is 10.9 Å². The molecule has 1 aliphatic heterocycles. The van der Waals surface area contributed by atoms with E-state index in [-0.39, 0.29) is 11.8 Å². The minimum atomic E-state index is -0.708. The van der Waals surface area contributed by atoms with Crippen LogP contribution in [-0.4, -0.2) is 63.8 Å². The van der Waals surface area contributed by atoms with Crippen molar-refractivity contribution in [1.82, 2.24) is 9.88 Å². The first kappa shape index (κ1) is 23.3. The van der Waals surface area contributed by atoms with Crippen molar-refractivity contribution in [2.75, 3.05) is 32.5 Å². The van der Waals surface area contributed by atoms with Gasteiger partial charge in [0.15, 0.2) is 0 Å². The highest BCUT2D eigenvalue weighted by Gasteiger charge is 2.34. The second-order valence-corrected chi connectivity index (χ2v) is 10.5. The third-order valence-corrected chi connectivity index (χ3v) is 8.48. The molecule has 0 unspecified atom stereocenters. The molecular weight excluding hydrogens is 424 g/mol. The number of nitrogens with zero attached hydrogens (tertiary/aromatic N) is 2. The van der Waals surface area contributed by atoms with E-state index in [1.54, 1.807) is 13.3 Å². The van der Waals surface area contributed by atoms with Crippen molar-refractivity contribution in [3.05, 3.63) is 36.0 Å². The Bertz CT molecular complexity index is 920. The monoisotopic (exact) mass is 458 g/mol. The number of carboxylic acid groups (broad SMARTS) is 1. The van der Waals surface area contributed by atoms with Crippen LogP contribution in [0.3, 0.4) is 0 Å². The minimum absolute atomic E-state index is 0.0975. The van der Waals surface area contributed by atoms with E-state index < -0.39 is 12.1 Å². The molecule has 32 heavy (non-hydrogen) atoms. The Morgan fingerprint density at radius 2 is 2.16 bits per heavy atom. The van der Waals surface area contributed by atoms with Gasteiger partial charge in [-0.15, -0.1) is 0 Å². The van der Waals surface area contributed by atoms with Gasteiger partial charge in [0.05, 0.1) is 24.6 Å². The van der Waals surface area contributed by atoms with Gasteiger partial charge in [0.1, 0.15) is 5.75 Å². The minimum Gasteiger partial charge on any atom is -0.497 e. The predicted molar refractivity (Wildman–Crippen MR) is 128 cm³/mol. The second-order valence-electron chi connectivity index (χ2n) is 9.09. The molecule has 1 saturated carbocycles. The number of hydrogen-bond acceptors (Lipinski definition) is 6. The number of fused-ring (bicyclic) bond motifs is 1. The van der Waals surface area contributed by atoms with Gasteiger partial charge < -0.3 is 19.8 Å². The number of rotatable bonds is 10. The lowest BCUT2D eigenvalue weighted by atomic mass is 9.81. The van der Waals surface area contributed by atoms with Gasteiger partial charge in [0, 0.05) is 35.7 Å². The number of carboxylic acids is 1. The summed E-state index contributed by atoms with van der Waals surface area (Å²) >= 11 is 2.05. The van der Waals surface area contributed by atoms with Crippen LogP contribution in [0.4, 0.5) is 0 Å². The fraction of sp³-hybridized carbons (Fsp3) is 0.600. The summed E-state index contributed by atoms with van der Waals surface area (Å²) in [6, 6.07) is 7.51. The fourth-order valence-electron chi connectivity index (χ4n) is 4.87. The van der Waals surface area contributed by atoms with E-state index in [1.165, 1.54) is 19.3 Å². The number of aliphatic hydroxyl groups excluding tert-OH is 1. The number of benzene rings is 1. The van der Waals surface area contributed by atoms with Crippen LogP contribution < -0.4 is 4.74 Å². The van der Waals surface area contributed by atoms with Gasteiger partial charge in [0.25, 0.3) is 0 Å². The number of aliphatic hydroxyl groups is 1. The molecule has 2 aromatic rings. The first-order valence-electron chi connectivity index (χ1n) is 11.7. The Labute approximate surface area is 194 Å². The molecule has 0 radical (unpaired) electrons. The third-order valence-electron chi connectivity index (χ3n) is 7.12. The highest BCUT2D eigenvalue weighted by atomic mass is 32.2. The van der Waals surface area contributed by atoms with E-state index in [2.05, 4.69) is 9.88 Å². The number of thioether (sulfide) groups is 1. The van der Waals surface area contributed by atoms with Gasteiger partial charge in [-0.1, -0.05) is 6.42 Å². The molecule has 6 nitrogen and oxygen atoms in total. The van der Waals surface area contributed by atoms with Crippen molar-refractivity contribution in [1.29, 1.82) is 0 Å². The lowest BCUT2D eigenvalue weighted by Gasteiger charge is -2.37. The maximum atomic E-state index is 12.0. The predicted octanol–water partition coefficient (Wildman–Crippen LogP) is 4.37. The Morgan fingerprint density at radius 1 is 1.31 bits per heavy atom. The van der Waals surface area contributed by atoms with E-state index in [0.29, 0.717) is 19.4 Å². The Hall–Kier alpha value is -1.83. The Kier molecular flexibility index (Phi) is 7.92. The molecule has 0 spiro atoms. The third kappa shape index (κ3) is 5.56. The first-order chi connectivity index (χ1) is 15.5. The number of aromatic nitrogens is 1. The van der Waals surface area contributed by atoms with Crippen molar-refractivity contribution in [2.24, 2.45) is 11.8 Å². The number of pyridine rings is 1. The first-order valence-corrected chi connectivity index (χ1v) is 12.8. The summed E-state index contributed by atoms with van der Waals surface area (Å²) in [6.45, 7) is 2.55. The molecule has 174 valence electrons. The molecule has 2 N–H and O–H groups in total. The number of carbonyl (C=O) groups is 1. The van der Waals surface area contributed by atoms with Crippen molar-refractivity contribution in [3.63, 3.8) is 0 Å². The number of piperidine rings is 1. The van der Waals surface area contributed by atoms with Crippen LogP contribution in [-0.2, 0) is 4.79 Å². The summed E-state index contributed by atoms with van der Waals surface area (Å²) in [4.78, 5) is 18.7. The summed E-state index contributed by atoms with van der Waals surface area (Å²) < 4.78 is 5.33. The Balaban J connectivity index is 1.34. The molecule has 2 fully saturated rings. The topological polar surface area (TPSA) is 82.9 Å². The number of aliphatic carboxylic acids is 1. The van der Waals surface area contributed by atoms with E-state index in [9.17, 15) is 15.0 Å². The number of hydrogen-bond donors (Lipinski definition) is 2.